The largest absolute Gasteiger partial charge is 0.329 e. The highest BCUT2D eigenvalue weighted by Crippen LogP contribution is 2.13. The van der Waals surface area contributed by atoms with E-state index in [2.05, 4.69) is 11.7 Å². The topological polar surface area (TPSA) is 81.2 Å². The second kappa shape index (κ2) is 6.67. The number of nitrogens with zero attached hydrogens (tertiary/aromatic N) is 3. The Morgan fingerprint density at radius 2 is 2.33 bits per heavy atom. The van der Waals surface area contributed by atoms with Gasteiger partial charge in [0.25, 0.3) is 0 Å². The first kappa shape index (κ1) is 14.9. The summed E-state index contributed by atoms with van der Waals surface area (Å²) in [6, 6.07) is 0. The molecule has 0 atom stereocenters. The summed E-state index contributed by atoms with van der Waals surface area (Å²) in [7, 11) is -1.87. The summed E-state index contributed by atoms with van der Waals surface area (Å²) in [5.41, 5.74) is 5.39. The standard InChI is InChI=1S/C11H20N4O2S/c1-3-4-5-7-14(2)18(16,17)11-9-13-15(10-11)8-6-12/h3,9-10H,1,4-8,12H2,2H3. The van der Waals surface area contributed by atoms with Crippen molar-refractivity contribution in [3.63, 3.8) is 0 Å². The summed E-state index contributed by atoms with van der Waals surface area (Å²) in [6.07, 6.45) is 6.20. The van der Waals surface area contributed by atoms with Crippen LogP contribution in [-0.4, -0.2) is 42.6 Å². The Labute approximate surface area is 108 Å². The van der Waals surface area contributed by atoms with Crippen molar-refractivity contribution < 1.29 is 8.42 Å². The normalized spacial score (nSPS) is 11.9. The molecule has 0 aliphatic heterocycles. The minimum atomic E-state index is -3.44. The molecule has 6 nitrogen and oxygen atoms in total. The Bertz CT molecular complexity index is 481. The van der Waals surface area contributed by atoms with E-state index < -0.39 is 10.0 Å². The van der Waals surface area contributed by atoms with Crippen molar-refractivity contribution in [3.8, 4) is 0 Å². The molecule has 0 aromatic carbocycles. The smallest absolute Gasteiger partial charge is 0.245 e. The van der Waals surface area contributed by atoms with Gasteiger partial charge in [0.15, 0.2) is 0 Å². The van der Waals surface area contributed by atoms with Crippen LogP contribution in [0.2, 0.25) is 0 Å². The van der Waals surface area contributed by atoms with E-state index in [9.17, 15) is 8.42 Å². The lowest BCUT2D eigenvalue weighted by Crippen LogP contribution is -2.27. The number of hydrogen-bond acceptors (Lipinski definition) is 4. The molecule has 102 valence electrons. The van der Waals surface area contributed by atoms with Crippen LogP contribution in [-0.2, 0) is 16.6 Å². The van der Waals surface area contributed by atoms with Crippen LogP contribution in [0.3, 0.4) is 0 Å². The van der Waals surface area contributed by atoms with Crippen molar-refractivity contribution in [1.82, 2.24) is 14.1 Å². The van der Waals surface area contributed by atoms with Gasteiger partial charge in [-0.2, -0.15) is 5.10 Å². The SMILES string of the molecule is C=CCCCN(C)S(=O)(=O)c1cnn(CCN)c1. The monoisotopic (exact) mass is 272 g/mol. The molecule has 1 aromatic rings. The van der Waals surface area contributed by atoms with E-state index in [4.69, 9.17) is 5.73 Å². The van der Waals surface area contributed by atoms with Gasteiger partial charge in [-0.25, -0.2) is 12.7 Å². The van der Waals surface area contributed by atoms with Crippen LogP contribution >= 0.6 is 0 Å². The fraction of sp³-hybridized carbons (Fsp3) is 0.545. The molecule has 1 heterocycles. The number of aromatic nitrogens is 2. The summed E-state index contributed by atoms with van der Waals surface area (Å²) in [4.78, 5) is 0.206. The fourth-order valence-electron chi connectivity index (χ4n) is 1.49. The number of hydrogen-bond donors (Lipinski definition) is 1. The van der Waals surface area contributed by atoms with E-state index in [1.54, 1.807) is 13.1 Å². The van der Waals surface area contributed by atoms with Crippen LogP contribution in [0.15, 0.2) is 29.9 Å². The van der Waals surface area contributed by atoms with E-state index in [0.717, 1.165) is 12.8 Å². The zero-order chi connectivity index (χ0) is 13.6. The van der Waals surface area contributed by atoms with Gasteiger partial charge in [0, 0.05) is 26.3 Å². The molecule has 0 spiro atoms. The molecule has 18 heavy (non-hydrogen) atoms. The maximum absolute atomic E-state index is 12.2. The van der Waals surface area contributed by atoms with Gasteiger partial charge in [-0.3, -0.25) is 4.68 Å². The number of unbranched alkanes of at least 4 members (excludes halogenated alkanes) is 1. The van der Waals surface area contributed by atoms with Crippen molar-refractivity contribution in [2.45, 2.75) is 24.3 Å². The van der Waals surface area contributed by atoms with Gasteiger partial charge in [-0.1, -0.05) is 6.08 Å². The second-order valence-corrected chi connectivity index (χ2v) is 6.03. The van der Waals surface area contributed by atoms with E-state index >= 15 is 0 Å². The third kappa shape index (κ3) is 3.66. The molecule has 0 fully saturated rings. The van der Waals surface area contributed by atoms with E-state index in [0.29, 0.717) is 19.6 Å². The highest BCUT2D eigenvalue weighted by atomic mass is 32.2. The van der Waals surface area contributed by atoms with Crippen molar-refractivity contribution in [3.05, 3.63) is 25.0 Å². The predicted octanol–water partition coefficient (Wildman–Crippen LogP) is 0.429. The first-order chi connectivity index (χ1) is 8.52. The van der Waals surface area contributed by atoms with Gasteiger partial charge in [0.2, 0.25) is 10.0 Å². The van der Waals surface area contributed by atoms with Crippen LogP contribution in [0.1, 0.15) is 12.8 Å². The first-order valence-electron chi connectivity index (χ1n) is 5.82. The highest BCUT2D eigenvalue weighted by molar-refractivity contribution is 7.89. The maximum atomic E-state index is 12.2. The lowest BCUT2D eigenvalue weighted by molar-refractivity contribution is 0.462. The number of sulfonamides is 1. The van der Waals surface area contributed by atoms with E-state index in [-0.39, 0.29) is 4.90 Å². The molecule has 0 aliphatic rings. The highest BCUT2D eigenvalue weighted by Gasteiger charge is 2.21. The molecule has 0 aliphatic carbocycles. The molecular weight excluding hydrogens is 252 g/mol. The molecule has 1 rings (SSSR count). The average Bonchev–Trinajstić information content (AvgIpc) is 2.79. The van der Waals surface area contributed by atoms with Crippen molar-refractivity contribution in [2.24, 2.45) is 5.73 Å². The number of allylic oxidation sites excluding steroid dienone is 1. The van der Waals surface area contributed by atoms with E-state index in [1.807, 2.05) is 0 Å². The van der Waals surface area contributed by atoms with Crippen LogP contribution in [0.4, 0.5) is 0 Å². The van der Waals surface area contributed by atoms with Crippen LogP contribution < -0.4 is 5.73 Å². The van der Waals surface area contributed by atoms with Crippen molar-refractivity contribution >= 4 is 10.0 Å². The number of rotatable bonds is 8. The number of nitrogens with two attached hydrogens (primary N) is 1. The minimum absolute atomic E-state index is 0.206. The van der Waals surface area contributed by atoms with Gasteiger partial charge in [-0.05, 0) is 12.8 Å². The van der Waals surface area contributed by atoms with Crippen molar-refractivity contribution in [2.75, 3.05) is 20.1 Å². The Hall–Kier alpha value is -1.18. The Kier molecular flexibility index (Phi) is 5.52. The fourth-order valence-corrected chi connectivity index (χ4v) is 2.66. The Morgan fingerprint density at radius 3 is 2.94 bits per heavy atom. The van der Waals surface area contributed by atoms with Gasteiger partial charge >= 0.3 is 0 Å². The second-order valence-electron chi connectivity index (χ2n) is 3.99. The summed E-state index contributed by atoms with van der Waals surface area (Å²) < 4.78 is 27.2. The van der Waals surface area contributed by atoms with Crippen LogP contribution in [0, 0.1) is 0 Å². The predicted molar refractivity (Wildman–Crippen MR) is 70.5 cm³/mol. The third-order valence-corrected chi connectivity index (χ3v) is 4.37. The van der Waals surface area contributed by atoms with Gasteiger partial charge in [0.05, 0.1) is 12.7 Å². The molecule has 0 radical (unpaired) electrons. The van der Waals surface area contributed by atoms with Gasteiger partial charge in [0.1, 0.15) is 4.90 Å². The molecular formula is C11H20N4O2S. The van der Waals surface area contributed by atoms with Gasteiger partial charge in [-0.15, -0.1) is 6.58 Å². The lowest BCUT2D eigenvalue weighted by atomic mass is 10.3. The quantitative estimate of drug-likeness (QED) is 0.549. The lowest BCUT2D eigenvalue weighted by Gasteiger charge is -2.15. The molecule has 2 N–H and O–H groups in total. The summed E-state index contributed by atoms with van der Waals surface area (Å²) in [5.74, 6) is 0. The third-order valence-electron chi connectivity index (χ3n) is 2.56. The average molecular weight is 272 g/mol. The Morgan fingerprint density at radius 1 is 1.61 bits per heavy atom. The molecule has 7 heteroatoms. The molecule has 0 saturated heterocycles. The maximum Gasteiger partial charge on any atom is 0.245 e. The minimum Gasteiger partial charge on any atom is -0.329 e. The zero-order valence-electron chi connectivity index (χ0n) is 10.6. The zero-order valence-corrected chi connectivity index (χ0v) is 11.4. The molecule has 0 unspecified atom stereocenters. The molecule has 1 aromatic heterocycles. The molecule has 0 saturated carbocycles. The van der Waals surface area contributed by atoms with Crippen LogP contribution in [0.5, 0.6) is 0 Å². The molecule has 0 amide bonds. The first-order valence-corrected chi connectivity index (χ1v) is 7.26. The van der Waals surface area contributed by atoms with E-state index in [1.165, 1.54) is 21.4 Å². The Balaban J connectivity index is 2.74. The van der Waals surface area contributed by atoms with Crippen LogP contribution in [0.25, 0.3) is 0 Å². The summed E-state index contributed by atoms with van der Waals surface area (Å²) >= 11 is 0. The molecule has 0 bridgehead atoms. The van der Waals surface area contributed by atoms with Crippen molar-refractivity contribution in [1.29, 1.82) is 0 Å². The summed E-state index contributed by atoms with van der Waals surface area (Å²) in [6.45, 7) is 5.01. The van der Waals surface area contributed by atoms with Gasteiger partial charge < -0.3 is 5.73 Å². The summed E-state index contributed by atoms with van der Waals surface area (Å²) in [5, 5.41) is 3.97.